The van der Waals surface area contributed by atoms with Gasteiger partial charge in [-0.25, -0.2) is 4.52 Å². The van der Waals surface area contributed by atoms with Crippen LogP contribution in [0.2, 0.25) is 0 Å². The number of halogens is 1. The quantitative estimate of drug-likeness (QED) is 0.439. The molecule has 29 heavy (non-hydrogen) atoms. The zero-order valence-electron chi connectivity index (χ0n) is 15.9. The fourth-order valence-electron chi connectivity index (χ4n) is 4.04. The monoisotopic (exact) mass is 446 g/mol. The highest BCUT2D eigenvalue weighted by atomic mass is 79.9. The van der Waals surface area contributed by atoms with Gasteiger partial charge in [-0.3, -0.25) is 9.78 Å². The second-order valence-corrected chi connectivity index (χ2v) is 8.24. The van der Waals surface area contributed by atoms with E-state index in [1.807, 2.05) is 41.6 Å². The van der Waals surface area contributed by atoms with Crippen molar-refractivity contribution in [1.29, 1.82) is 0 Å². The van der Waals surface area contributed by atoms with Gasteiger partial charge in [0.25, 0.3) is 5.91 Å². The average molecular weight is 447 g/mol. The van der Waals surface area contributed by atoms with Gasteiger partial charge in [-0.05, 0) is 75.8 Å². The van der Waals surface area contributed by atoms with Crippen LogP contribution in [0, 0.1) is 0 Å². The maximum absolute atomic E-state index is 13.2. The van der Waals surface area contributed by atoms with E-state index < -0.39 is 0 Å². The van der Waals surface area contributed by atoms with Crippen LogP contribution >= 0.6 is 15.9 Å². The van der Waals surface area contributed by atoms with Crippen molar-refractivity contribution in [3.05, 3.63) is 88.4 Å². The van der Waals surface area contributed by atoms with Crippen molar-refractivity contribution in [3.8, 4) is 11.1 Å². The first-order valence-corrected chi connectivity index (χ1v) is 10.4. The number of benzene rings is 1. The van der Waals surface area contributed by atoms with E-state index in [-0.39, 0.29) is 11.9 Å². The van der Waals surface area contributed by atoms with Gasteiger partial charge in [0, 0.05) is 29.6 Å². The molecule has 0 saturated carbocycles. The summed E-state index contributed by atoms with van der Waals surface area (Å²) in [5, 5.41) is 4.48. The summed E-state index contributed by atoms with van der Waals surface area (Å²) in [5.41, 5.74) is 6.14. The lowest BCUT2D eigenvalue weighted by molar-refractivity contribution is 0.0671. The van der Waals surface area contributed by atoms with E-state index in [1.54, 1.807) is 10.7 Å². The SMILES string of the molecule is CC1c2ccc(-c3cccnc3)cc2CCN1C(=O)c1cc2ccc(Br)cn2n1. The molecule has 1 atom stereocenters. The van der Waals surface area contributed by atoms with Crippen LogP contribution in [0.15, 0.2) is 71.6 Å². The van der Waals surface area contributed by atoms with Crippen LogP contribution in [-0.4, -0.2) is 31.9 Å². The third kappa shape index (κ3) is 3.23. The number of fused-ring (bicyclic) bond motifs is 2. The molecule has 0 aliphatic carbocycles. The molecule has 144 valence electrons. The molecule has 1 unspecified atom stereocenters. The summed E-state index contributed by atoms with van der Waals surface area (Å²) in [5.74, 6) is -0.0284. The Morgan fingerprint density at radius 3 is 2.86 bits per heavy atom. The summed E-state index contributed by atoms with van der Waals surface area (Å²) < 4.78 is 2.66. The van der Waals surface area contributed by atoms with E-state index >= 15 is 0 Å². The molecule has 0 bridgehead atoms. The maximum Gasteiger partial charge on any atom is 0.274 e. The van der Waals surface area contributed by atoms with Gasteiger partial charge in [-0.1, -0.05) is 24.3 Å². The molecule has 0 N–H and O–H groups in total. The van der Waals surface area contributed by atoms with Gasteiger partial charge in [0.05, 0.1) is 11.6 Å². The Balaban J connectivity index is 1.44. The molecular weight excluding hydrogens is 428 g/mol. The Morgan fingerprint density at radius 2 is 2.03 bits per heavy atom. The summed E-state index contributed by atoms with van der Waals surface area (Å²) in [6.45, 7) is 2.77. The Kier molecular flexibility index (Phi) is 4.43. The lowest BCUT2D eigenvalue weighted by Gasteiger charge is -2.35. The van der Waals surface area contributed by atoms with Crippen molar-refractivity contribution in [2.24, 2.45) is 0 Å². The third-order valence-corrected chi connectivity index (χ3v) is 6.05. The summed E-state index contributed by atoms with van der Waals surface area (Å²) in [7, 11) is 0. The third-order valence-electron chi connectivity index (χ3n) is 5.58. The van der Waals surface area contributed by atoms with Gasteiger partial charge >= 0.3 is 0 Å². The fraction of sp³-hybridized carbons (Fsp3) is 0.174. The minimum atomic E-state index is -0.0284. The van der Waals surface area contributed by atoms with E-state index in [0.29, 0.717) is 12.2 Å². The smallest absolute Gasteiger partial charge is 0.274 e. The van der Waals surface area contributed by atoms with Crippen LogP contribution in [0.25, 0.3) is 16.6 Å². The molecule has 0 fully saturated rings. The molecule has 0 radical (unpaired) electrons. The van der Waals surface area contributed by atoms with Gasteiger partial charge in [0.15, 0.2) is 5.69 Å². The highest BCUT2D eigenvalue weighted by Crippen LogP contribution is 2.33. The van der Waals surface area contributed by atoms with Crippen LogP contribution in [0.3, 0.4) is 0 Å². The second-order valence-electron chi connectivity index (χ2n) is 7.33. The van der Waals surface area contributed by atoms with E-state index in [0.717, 1.165) is 27.5 Å². The zero-order chi connectivity index (χ0) is 20.0. The number of amides is 1. The van der Waals surface area contributed by atoms with E-state index in [4.69, 9.17) is 0 Å². The Labute approximate surface area is 177 Å². The van der Waals surface area contributed by atoms with E-state index in [2.05, 4.69) is 57.2 Å². The van der Waals surface area contributed by atoms with Crippen molar-refractivity contribution in [2.45, 2.75) is 19.4 Å². The highest BCUT2D eigenvalue weighted by Gasteiger charge is 2.29. The Morgan fingerprint density at radius 1 is 1.14 bits per heavy atom. The molecule has 0 saturated heterocycles. The summed E-state index contributed by atoms with van der Waals surface area (Å²) in [6, 6.07) is 16.3. The standard InChI is InChI=1S/C23H19BrN4O/c1-15-21-7-4-16(18-3-2-9-25-13-18)11-17(21)8-10-27(15)23(29)22-12-20-6-5-19(24)14-28(20)26-22/h2-7,9,11-15H,8,10H2,1H3. The predicted molar refractivity (Wildman–Crippen MR) is 116 cm³/mol. The first-order valence-electron chi connectivity index (χ1n) is 9.59. The fourth-order valence-corrected chi connectivity index (χ4v) is 4.36. The molecule has 5 rings (SSSR count). The normalized spacial score (nSPS) is 16.1. The van der Waals surface area contributed by atoms with Gasteiger partial charge in [0.2, 0.25) is 0 Å². The number of aromatic nitrogens is 3. The predicted octanol–water partition coefficient (Wildman–Crippen LogP) is 4.92. The highest BCUT2D eigenvalue weighted by molar-refractivity contribution is 9.10. The van der Waals surface area contributed by atoms with E-state index in [9.17, 15) is 4.79 Å². The lowest BCUT2D eigenvalue weighted by Crippen LogP contribution is -2.39. The molecule has 0 spiro atoms. The van der Waals surface area contributed by atoms with Crippen LogP contribution in [0.1, 0.15) is 34.6 Å². The van der Waals surface area contributed by atoms with Gasteiger partial charge in [-0.15, -0.1) is 0 Å². The summed E-state index contributed by atoms with van der Waals surface area (Å²) in [4.78, 5) is 19.3. The molecule has 4 heterocycles. The van der Waals surface area contributed by atoms with Crippen LogP contribution in [-0.2, 0) is 6.42 Å². The number of carbonyl (C=O) groups is 1. The molecule has 1 amide bonds. The van der Waals surface area contributed by atoms with Crippen LogP contribution in [0.5, 0.6) is 0 Å². The van der Waals surface area contributed by atoms with Crippen LogP contribution in [0.4, 0.5) is 0 Å². The largest absolute Gasteiger partial charge is 0.330 e. The van der Waals surface area contributed by atoms with Crippen molar-refractivity contribution < 1.29 is 4.79 Å². The molecule has 1 aliphatic rings. The first kappa shape index (κ1) is 18.1. The summed E-state index contributed by atoms with van der Waals surface area (Å²) >= 11 is 3.45. The lowest BCUT2D eigenvalue weighted by atomic mass is 9.90. The molecule has 6 heteroatoms. The van der Waals surface area contributed by atoms with Crippen molar-refractivity contribution >= 4 is 27.4 Å². The minimum absolute atomic E-state index is 0.00532. The number of hydrogen-bond donors (Lipinski definition) is 0. The topological polar surface area (TPSA) is 50.5 Å². The number of nitrogens with zero attached hydrogens (tertiary/aromatic N) is 4. The van der Waals surface area contributed by atoms with Crippen molar-refractivity contribution in [1.82, 2.24) is 19.5 Å². The molecule has 1 aliphatic heterocycles. The molecular formula is C23H19BrN4O. The Bertz CT molecular complexity index is 1220. The number of carbonyl (C=O) groups excluding carboxylic acids is 1. The molecule has 3 aromatic heterocycles. The van der Waals surface area contributed by atoms with E-state index in [1.165, 1.54) is 11.1 Å². The van der Waals surface area contributed by atoms with Gasteiger partial charge in [0.1, 0.15) is 0 Å². The zero-order valence-corrected chi connectivity index (χ0v) is 17.5. The van der Waals surface area contributed by atoms with Gasteiger partial charge < -0.3 is 4.90 Å². The maximum atomic E-state index is 13.2. The molecule has 1 aromatic carbocycles. The number of pyridine rings is 2. The van der Waals surface area contributed by atoms with Crippen molar-refractivity contribution in [3.63, 3.8) is 0 Å². The number of rotatable bonds is 2. The van der Waals surface area contributed by atoms with Crippen LogP contribution < -0.4 is 0 Å². The van der Waals surface area contributed by atoms with Gasteiger partial charge in [-0.2, -0.15) is 5.10 Å². The van der Waals surface area contributed by atoms with Crippen molar-refractivity contribution in [2.75, 3.05) is 6.54 Å². The average Bonchev–Trinajstić information content (AvgIpc) is 3.17. The Hall–Kier alpha value is -2.99. The molecule has 5 nitrogen and oxygen atoms in total. The number of hydrogen-bond acceptors (Lipinski definition) is 3. The second kappa shape index (κ2) is 7.12. The first-order chi connectivity index (χ1) is 14.1. The molecule has 4 aromatic rings. The minimum Gasteiger partial charge on any atom is -0.330 e. The summed E-state index contributed by atoms with van der Waals surface area (Å²) in [6.07, 6.45) is 6.36.